The van der Waals surface area contributed by atoms with Crippen LogP contribution in [0.3, 0.4) is 0 Å². The van der Waals surface area contributed by atoms with E-state index in [4.69, 9.17) is 5.11 Å². The van der Waals surface area contributed by atoms with Gasteiger partial charge in [-0.1, -0.05) is 6.07 Å². The Kier molecular flexibility index (Phi) is 1.55. The molecule has 0 atom stereocenters. The van der Waals surface area contributed by atoms with E-state index in [2.05, 4.69) is 5.10 Å². The van der Waals surface area contributed by atoms with Gasteiger partial charge in [0.05, 0.1) is 11.1 Å². The fourth-order valence-corrected chi connectivity index (χ4v) is 1.35. The normalized spacial score (nSPS) is 10.5. The first kappa shape index (κ1) is 7.79. The third kappa shape index (κ3) is 1.16. The van der Waals surface area contributed by atoms with Crippen LogP contribution in [0.5, 0.6) is 0 Å². The fraction of sp³-hybridized carbons (Fsp3) is 0.111. The third-order valence-electron chi connectivity index (χ3n) is 1.89. The third-order valence-corrected chi connectivity index (χ3v) is 1.89. The molecule has 1 aromatic carbocycles. The smallest absolute Gasteiger partial charge is 0.336 e. The minimum absolute atomic E-state index is 0.297. The molecule has 0 saturated heterocycles. The second-order valence-corrected chi connectivity index (χ2v) is 2.85. The van der Waals surface area contributed by atoms with Crippen LogP contribution in [0.2, 0.25) is 0 Å². The van der Waals surface area contributed by atoms with Crippen LogP contribution in [-0.4, -0.2) is 20.9 Å². The van der Waals surface area contributed by atoms with Gasteiger partial charge in [-0.2, -0.15) is 5.10 Å². The molecule has 4 nitrogen and oxygen atoms in total. The van der Waals surface area contributed by atoms with Crippen LogP contribution in [0.1, 0.15) is 10.4 Å². The zero-order valence-electron chi connectivity index (χ0n) is 7.06. The summed E-state index contributed by atoms with van der Waals surface area (Å²) in [4.78, 5) is 10.8. The van der Waals surface area contributed by atoms with E-state index >= 15 is 0 Å². The lowest BCUT2D eigenvalue weighted by atomic mass is 10.1. The Morgan fingerprint density at radius 2 is 2.31 bits per heavy atom. The summed E-state index contributed by atoms with van der Waals surface area (Å²) < 4.78 is 1.61. The molecule has 0 unspecified atom stereocenters. The minimum atomic E-state index is -0.918. The number of rotatable bonds is 1. The molecule has 1 heterocycles. The Balaban J connectivity index is 2.82. The molecule has 0 amide bonds. The highest BCUT2D eigenvalue weighted by Crippen LogP contribution is 2.16. The van der Waals surface area contributed by atoms with E-state index in [9.17, 15) is 4.79 Å². The molecule has 1 N–H and O–H groups in total. The molecular weight excluding hydrogens is 168 g/mol. The predicted molar refractivity (Wildman–Crippen MR) is 47.7 cm³/mol. The van der Waals surface area contributed by atoms with Crippen LogP contribution < -0.4 is 0 Å². The first-order chi connectivity index (χ1) is 6.18. The SMILES string of the molecule is Cn1cc2c(C(=O)O)cccc2n1. The van der Waals surface area contributed by atoms with Gasteiger partial charge in [0.15, 0.2) is 0 Å². The molecule has 0 aliphatic heterocycles. The number of carboxylic acid groups (broad SMARTS) is 1. The quantitative estimate of drug-likeness (QED) is 0.711. The number of carboxylic acids is 1. The maximum Gasteiger partial charge on any atom is 0.336 e. The highest BCUT2D eigenvalue weighted by atomic mass is 16.4. The molecule has 66 valence electrons. The molecule has 2 aromatic rings. The van der Waals surface area contributed by atoms with Crippen molar-refractivity contribution in [2.45, 2.75) is 0 Å². The van der Waals surface area contributed by atoms with Crippen molar-refractivity contribution in [2.75, 3.05) is 0 Å². The number of fused-ring (bicyclic) bond motifs is 1. The molecular formula is C9H8N2O2. The lowest BCUT2D eigenvalue weighted by Crippen LogP contribution is -1.95. The van der Waals surface area contributed by atoms with E-state index in [-0.39, 0.29) is 0 Å². The van der Waals surface area contributed by atoms with Crippen molar-refractivity contribution >= 4 is 16.9 Å². The van der Waals surface area contributed by atoms with Gasteiger partial charge in [0.25, 0.3) is 0 Å². The van der Waals surface area contributed by atoms with Gasteiger partial charge >= 0.3 is 5.97 Å². The highest BCUT2D eigenvalue weighted by Gasteiger charge is 2.09. The van der Waals surface area contributed by atoms with Gasteiger partial charge in [-0.25, -0.2) is 4.79 Å². The Hall–Kier alpha value is -1.84. The van der Waals surface area contributed by atoms with Gasteiger partial charge in [0.1, 0.15) is 0 Å². The van der Waals surface area contributed by atoms with Crippen LogP contribution in [0.4, 0.5) is 0 Å². The first-order valence-corrected chi connectivity index (χ1v) is 3.84. The summed E-state index contributed by atoms with van der Waals surface area (Å²) in [6.07, 6.45) is 1.71. The van der Waals surface area contributed by atoms with Crippen molar-refractivity contribution in [1.29, 1.82) is 0 Å². The van der Waals surface area contributed by atoms with E-state index in [1.54, 1.807) is 36.1 Å². The van der Waals surface area contributed by atoms with Crippen LogP contribution in [-0.2, 0) is 7.05 Å². The molecule has 0 aliphatic rings. The predicted octanol–water partition coefficient (Wildman–Crippen LogP) is 1.27. The summed E-state index contributed by atoms with van der Waals surface area (Å²) in [5.41, 5.74) is 1.01. The van der Waals surface area contributed by atoms with Crippen molar-refractivity contribution in [3.05, 3.63) is 30.0 Å². The lowest BCUT2D eigenvalue weighted by Gasteiger charge is -1.93. The summed E-state index contributed by atoms with van der Waals surface area (Å²) in [5.74, 6) is -0.918. The summed E-state index contributed by atoms with van der Waals surface area (Å²) in [5, 5.41) is 13.6. The summed E-state index contributed by atoms with van der Waals surface area (Å²) in [6, 6.07) is 5.06. The van der Waals surface area contributed by atoms with Crippen molar-refractivity contribution in [3.8, 4) is 0 Å². The van der Waals surface area contributed by atoms with E-state index in [1.807, 2.05) is 0 Å². The summed E-state index contributed by atoms with van der Waals surface area (Å²) >= 11 is 0. The van der Waals surface area contributed by atoms with Crippen molar-refractivity contribution in [2.24, 2.45) is 7.05 Å². The Bertz CT molecular complexity index is 473. The van der Waals surface area contributed by atoms with Gasteiger partial charge in [-0.15, -0.1) is 0 Å². The van der Waals surface area contributed by atoms with E-state index in [0.29, 0.717) is 16.5 Å². The topological polar surface area (TPSA) is 55.1 Å². The van der Waals surface area contributed by atoms with Crippen LogP contribution in [0, 0.1) is 0 Å². The number of aryl methyl sites for hydroxylation is 1. The molecule has 0 aliphatic carbocycles. The van der Waals surface area contributed by atoms with Gasteiger partial charge in [-0.05, 0) is 12.1 Å². The maximum absolute atomic E-state index is 10.8. The van der Waals surface area contributed by atoms with E-state index < -0.39 is 5.97 Å². The van der Waals surface area contributed by atoms with Gasteiger partial charge in [0.2, 0.25) is 0 Å². The molecule has 2 rings (SSSR count). The molecule has 4 heteroatoms. The largest absolute Gasteiger partial charge is 0.478 e. The Morgan fingerprint density at radius 1 is 1.54 bits per heavy atom. The number of aromatic carboxylic acids is 1. The van der Waals surface area contributed by atoms with E-state index in [1.165, 1.54) is 0 Å². The average Bonchev–Trinajstić information content (AvgIpc) is 2.43. The minimum Gasteiger partial charge on any atom is -0.478 e. The number of benzene rings is 1. The standard InChI is InChI=1S/C9H8N2O2/c1-11-5-7-6(9(12)13)3-2-4-8(7)10-11/h2-5H,1H3,(H,12,13). The second kappa shape index (κ2) is 2.58. The summed E-state index contributed by atoms with van der Waals surface area (Å²) in [7, 11) is 1.77. The molecule has 0 bridgehead atoms. The number of aromatic nitrogens is 2. The zero-order chi connectivity index (χ0) is 9.42. The molecule has 0 saturated carbocycles. The molecule has 1 aromatic heterocycles. The molecule has 13 heavy (non-hydrogen) atoms. The monoisotopic (exact) mass is 176 g/mol. The number of hydrogen-bond donors (Lipinski definition) is 1. The Labute approximate surface area is 74.4 Å². The second-order valence-electron chi connectivity index (χ2n) is 2.85. The van der Waals surface area contributed by atoms with Gasteiger partial charge in [0, 0.05) is 18.6 Å². The van der Waals surface area contributed by atoms with Crippen LogP contribution in [0.25, 0.3) is 10.9 Å². The van der Waals surface area contributed by atoms with Gasteiger partial charge < -0.3 is 5.11 Å². The van der Waals surface area contributed by atoms with Crippen molar-refractivity contribution in [1.82, 2.24) is 9.78 Å². The fourth-order valence-electron chi connectivity index (χ4n) is 1.35. The number of hydrogen-bond acceptors (Lipinski definition) is 2. The van der Waals surface area contributed by atoms with Crippen molar-refractivity contribution < 1.29 is 9.90 Å². The zero-order valence-corrected chi connectivity index (χ0v) is 7.06. The van der Waals surface area contributed by atoms with E-state index in [0.717, 1.165) is 0 Å². The van der Waals surface area contributed by atoms with Crippen molar-refractivity contribution in [3.63, 3.8) is 0 Å². The van der Waals surface area contributed by atoms with Crippen LogP contribution in [0.15, 0.2) is 24.4 Å². The number of nitrogens with zero attached hydrogens (tertiary/aromatic N) is 2. The first-order valence-electron chi connectivity index (χ1n) is 3.84. The Morgan fingerprint density at radius 3 is 3.00 bits per heavy atom. The lowest BCUT2D eigenvalue weighted by molar-refractivity contribution is 0.0699. The summed E-state index contributed by atoms with van der Waals surface area (Å²) in [6.45, 7) is 0. The van der Waals surface area contributed by atoms with Gasteiger partial charge in [-0.3, -0.25) is 4.68 Å². The molecule has 0 fully saturated rings. The molecule has 0 radical (unpaired) electrons. The average molecular weight is 176 g/mol. The maximum atomic E-state index is 10.8. The van der Waals surface area contributed by atoms with Crippen LogP contribution >= 0.6 is 0 Å². The highest BCUT2D eigenvalue weighted by molar-refractivity contribution is 6.02. The molecule has 0 spiro atoms. The number of carbonyl (C=O) groups is 1.